The third kappa shape index (κ3) is 2.53. The summed E-state index contributed by atoms with van der Waals surface area (Å²) in [6.07, 6.45) is 4.73. The standard InChI is InChI=1S/C14H11ClN4O2/c1-18-7-11(6-16-18)19-8-12(13(20)17-14(19)21)9-2-4-10(15)5-3-9/h2-8H,1H3,(H,17,20,21). The number of aromatic amines is 1. The molecule has 3 aromatic rings. The number of halogens is 1. The van der Waals surface area contributed by atoms with Gasteiger partial charge in [0.15, 0.2) is 0 Å². The molecule has 0 saturated carbocycles. The highest BCUT2D eigenvalue weighted by Gasteiger charge is 2.09. The van der Waals surface area contributed by atoms with Crippen LogP contribution in [0.5, 0.6) is 0 Å². The molecule has 0 spiro atoms. The molecule has 6 nitrogen and oxygen atoms in total. The largest absolute Gasteiger partial charge is 0.333 e. The first kappa shape index (κ1) is 13.4. The molecule has 7 heteroatoms. The van der Waals surface area contributed by atoms with E-state index < -0.39 is 11.2 Å². The average Bonchev–Trinajstić information content (AvgIpc) is 2.87. The second-order valence-electron chi connectivity index (χ2n) is 4.55. The van der Waals surface area contributed by atoms with E-state index in [4.69, 9.17) is 11.6 Å². The maximum Gasteiger partial charge on any atom is 0.333 e. The van der Waals surface area contributed by atoms with Crippen molar-refractivity contribution >= 4 is 11.6 Å². The molecule has 21 heavy (non-hydrogen) atoms. The molecule has 1 aromatic carbocycles. The number of hydrogen-bond acceptors (Lipinski definition) is 3. The van der Waals surface area contributed by atoms with Crippen molar-refractivity contribution in [2.45, 2.75) is 0 Å². The zero-order valence-corrected chi connectivity index (χ0v) is 11.8. The van der Waals surface area contributed by atoms with Crippen LogP contribution in [0, 0.1) is 0 Å². The number of hydrogen-bond donors (Lipinski definition) is 1. The normalized spacial score (nSPS) is 10.8. The summed E-state index contributed by atoms with van der Waals surface area (Å²) in [7, 11) is 1.75. The fraction of sp³-hybridized carbons (Fsp3) is 0.0714. The first-order valence-electron chi connectivity index (χ1n) is 6.15. The summed E-state index contributed by atoms with van der Waals surface area (Å²) < 4.78 is 2.92. The summed E-state index contributed by atoms with van der Waals surface area (Å²) >= 11 is 5.84. The summed E-state index contributed by atoms with van der Waals surface area (Å²) in [6.45, 7) is 0. The van der Waals surface area contributed by atoms with Crippen LogP contribution >= 0.6 is 11.6 Å². The van der Waals surface area contributed by atoms with Crippen molar-refractivity contribution in [1.29, 1.82) is 0 Å². The van der Waals surface area contributed by atoms with Crippen LogP contribution in [0.15, 0.2) is 52.4 Å². The number of rotatable bonds is 2. The lowest BCUT2D eigenvalue weighted by Crippen LogP contribution is -2.29. The second-order valence-corrected chi connectivity index (χ2v) is 4.99. The molecule has 0 atom stereocenters. The highest BCUT2D eigenvalue weighted by atomic mass is 35.5. The van der Waals surface area contributed by atoms with Gasteiger partial charge in [-0.3, -0.25) is 19.0 Å². The molecule has 2 heterocycles. The lowest BCUT2D eigenvalue weighted by Gasteiger charge is -2.05. The third-order valence-corrected chi connectivity index (χ3v) is 3.32. The lowest BCUT2D eigenvalue weighted by atomic mass is 10.1. The van der Waals surface area contributed by atoms with Gasteiger partial charge >= 0.3 is 5.69 Å². The topological polar surface area (TPSA) is 72.7 Å². The van der Waals surface area contributed by atoms with Crippen LogP contribution < -0.4 is 11.2 Å². The van der Waals surface area contributed by atoms with Gasteiger partial charge in [0.05, 0.1) is 17.4 Å². The Morgan fingerprint density at radius 2 is 1.86 bits per heavy atom. The van der Waals surface area contributed by atoms with E-state index in [2.05, 4.69) is 10.1 Å². The second kappa shape index (κ2) is 5.06. The molecule has 0 aliphatic heterocycles. The minimum Gasteiger partial charge on any atom is -0.274 e. The monoisotopic (exact) mass is 302 g/mol. The molecule has 0 radical (unpaired) electrons. The smallest absolute Gasteiger partial charge is 0.274 e. The number of aryl methyl sites for hydroxylation is 1. The first-order valence-corrected chi connectivity index (χ1v) is 6.53. The summed E-state index contributed by atoms with van der Waals surface area (Å²) in [6, 6.07) is 6.83. The molecule has 0 aliphatic carbocycles. The molecule has 0 saturated heterocycles. The molecule has 0 amide bonds. The Morgan fingerprint density at radius 1 is 1.14 bits per heavy atom. The van der Waals surface area contributed by atoms with E-state index in [0.717, 1.165) is 0 Å². The number of nitrogens with one attached hydrogen (secondary N) is 1. The zero-order valence-electron chi connectivity index (χ0n) is 11.1. The summed E-state index contributed by atoms with van der Waals surface area (Å²) in [5.74, 6) is 0. The SMILES string of the molecule is Cn1cc(-n2cc(-c3ccc(Cl)cc3)c(=O)[nH]c2=O)cn1. The van der Waals surface area contributed by atoms with E-state index in [1.54, 1.807) is 48.4 Å². The van der Waals surface area contributed by atoms with Crippen LogP contribution in [0.25, 0.3) is 16.8 Å². The van der Waals surface area contributed by atoms with Gasteiger partial charge in [-0.15, -0.1) is 0 Å². The summed E-state index contributed by atoms with van der Waals surface area (Å²) in [5.41, 5.74) is 0.690. The van der Waals surface area contributed by atoms with E-state index in [1.807, 2.05) is 0 Å². The fourth-order valence-corrected chi connectivity index (χ4v) is 2.16. The predicted octanol–water partition coefficient (Wildman–Crippen LogP) is 1.58. The summed E-state index contributed by atoms with van der Waals surface area (Å²) in [4.78, 5) is 26.2. The van der Waals surface area contributed by atoms with Crippen molar-refractivity contribution in [2.75, 3.05) is 0 Å². The Bertz CT molecular complexity index is 906. The molecule has 106 valence electrons. The number of H-pyrrole nitrogens is 1. The number of benzene rings is 1. The lowest BCUT2D eigenvalue weighted by molar-refractivity contribution is 0.766. The van der Waals surface area contributed by atoms with Crippen molar-refractivity contribution < 1.29 is 0 Å². The van der Waals surface area contributed by atoms with Gasteiger partial charge in [0.25, 0.3) is 5.56 Å². The van der Waals surface area contributed by atoms with Gasteiger partial charge < -0.3 is 0 Å². The van der Waals surface area contributed by atoms with Gasteiger partial charge in [-0.2, -0.15) is 5.10 Å². The van der Waals surface area contributed by atoms with Gasteiger partial charge in [0.1, 0.15) is 0 Å². The Hall–Kier alpha value is -2.60. The fourth-order valence-electron chi connectivity index (χ4n) is 2.03. The van der Waals surface area contributed by atoms with Crippen molar-refractivity contribution in [3.63, 3.8) is 0 Å². The average molecular weight is 303 g/mol. The molecule has 0 bridgehead atoms. The van der Waals surface area contributed by atoms with Crippen LogP contribution in [-0.2, 0) is 7.05 Å². The van der Waals surface area contributed by atoms with Crippen molar-refractivity contribution in [2.24, 2.45) is 7.05 Å². The predicted molar refractivity (Wildman–Crippen MR) is 79.9 cm³/mol. The van der Waals surface area contributed by atoms with E-state index >= 15 is 0 Å². The molecule has 0 aliphatic rings. The quantitative estimate of drug-likeness (QED) is 0.781. The van der Waals surface area contributed by atoms with Crippen LogP contribution in [0.3, 0.4) is 0 Å². The van der Waals surface area contributed by atoms with Crippen LogP contribution in [0.2, 0.25) is 5.02 Å². The molecular weight excluding hydrogens is 292 g/mol. The molecule has 0 fully saturated rings. The minimum atomic E-state index is -0.509. The minimum absolute atomic E-state index is 0.384. The Balaban J connectivity index is 2.20. The van der Waals surface area contributed by atoms with E-state index in [9.17, 15) is 9.59 Å². The molecule has 0 unspecified atom stereocenters. The van der Waals surface area contributed by atoms with Crippen LogP contribution in [0.4, 0.5) is 0 Å². The maximum atomic E-state index is 12.0. The Labute approximate surface area is 124 Å². The highest BCUT2D eigenvalue weighted by Crippen LogP contribution is 2.18. The van der Waals surface area contributed by atoms with Crippen molar-refractivity contribution in [1.82, 2.24) is 19.3 Å². The Morgan fingerprint density at radius 3 is 2.48 bits per heavy atom. The van der Waals surface area contributed by atoms with E-state index in [1.165, 1.54) is 10.8 Å². The Kier molecular flexibility index (Phi) is 3.23. The van der Waals surface area contributed by atoms with Gasteiger partial charge in [-0.1, -0.05) is 23.7 Å². The molecule has 1 N–H and O–H groups in total. The molecule has 2 aromatic heterocycles. The zero-order chi connectivity index (χ0) is 15.0. The first-order chi connectivity index (χ1) is 10.0. The van der Waals surface area contributed by atoms with Gasteiger partial charge in [0, 0.05) is 24.5 Å². The number of aromatic nitrogens is 4. The molecular formula is C14H11ClN4O2. The van der Waals surface area contributed by atoms with E-state index in [-0.39, 0.29) is 0 Å². The summed E-state index contributed by atoms with van der Waals surface area (Å²) in [5, 5.41) is 4.60. The van der Waals surface area contributed by atoms with Crippen LogP contribution in [0.1, 0.15) is 0 Å². The number of nitrogens with zero attached hydrogens (tertiary/aromatic N) is 3. The van der Waals surface area contributed by atoms with Gasteiger partial charge in [0.2, 0.25) is 0 Å². The highest BCUT2D eigenvalue weighted by molar-refractivity contribution is 6.30. The van der Waals surface area contributed by atoms with Crippen molar-refractivity contribution in [3.05, 3.63) is 68.7 Å². The van der Waals surface area contributed by atoms with Crippen LogP contribution in [-0.4, -0.2) is 19.3 Å². The maximum absolute atomic E-state index is 12.0. The molecule has 3 rings (SSSR count). The van der Waals surface area contributed by atoms with Crippen molar-refractivity contribution in [3.8, 4) is 16.8 Å². The van der Waals surface area contributed by atoms with Gasteiger partial charge in [-0.25, -0.2) is 4.79 Å². The van der Waals surface area contributed by atoms with Gasteiger partial charge in [-0.05, 0) is 17.7 Å². The van der Waals surface area contributed by atoms with E-state index in [0.29, 0.717) is 21.8 Å². The third-order valence-electron chi connectivity index (χ3n) is 3.07.